The number of methoxy groups -OCH3 is 1. The maximum Gasteiger partial charge on any atom is 0.416 e. The van der Waals surface area contributed by atoms with Crippen molar-refractivity contribution in [2.24, 2.45) is 0 Å². The lowest BCUT2D eigenvalue weighted by atomic mass is 10.2. The van der Waals surface area contributed by atoms with Gasteiger partial charge >= 0.3 is 6.09 Å². The Labute approximate surface area is 92.8 Å². The van der Waals surface area contributed by atoms with Gasteiger partial charge in [-0.1, -0.05) is 0 Å². The fraction of sp³-hybridized carbons (Fsp3) is 0.273. The van der Waals surface area contributed by atoms with Crippen LogP contribution >= 0.6 is 0 Å². The summed E-state index contributed by atoms with van der Waals surface area (Å²) in [4.78, 5) is 12.9. The number of benzene rings is 1. The standard InChI is InChI=1S/C11H10N2O3/c1-15-10-7-16-11(14)13(10)9-4-2-8(6-12)3-5-9/h2-5,10H,7H2,1H3. The first-order chi connectivity index (χ1) is 7.76. The lowest BCUT2D eigenvalue weighted by molar-refractivity contribution is 0.0875. The second-order valence-electron chi connectivity index (χ2n) is 3.30. The van der Waals surface area contributed by atoms with E-state index in [0.717, 1.165) is 0 Å². The van der Waals surface area contributed by atoms with E-state index in [1.54, 1.807) is 24.3 Å². The maximum absolute atomic E-state index is 11.5. The van der Waals surface area contributed by atoms with Crippen LogP contribution in [0.5, 0.6) is 0 Å². The number of ether oxygens (including phenoxy) is 2. The Bertz CT molecular complexity index is 436. The summed E-state index contributed by atoms with van der Waals surface area (Å²) in [6.07, 6.45) is -0.836. The van der Waals surface area contributed by atoms with Gasteiger partial charge in [-0.3, -0.25) is 0 Å². The van der Waals surface area contributed by atoms with Crippen LogP contribution < -0.4 is 4.90 Å². The largest absolute Gasteiger partial charge is 0.444 e. The highest BCUT2D eigenvalue weighted by Gasteiger charge is 2.34. The Morgan fingerprint density at radius 1 is 1.50 bits per heavy atom. The van der Waals surface area contributed by atoms with E-state index in [2.05, 4.69) is 0 Å². The normalized spacial score (nSPS) is 19.4. The Morgan fingerprint density at radius 2 is 2.19 bits per heavy atom. The van der Waals surface area contributed by atoms with Gasteiger partial charge in [-0.2, -0.15) is 5.26 Å². The molecule has 1 unspecified atom stereocenters. The predicted molar refractivity (Wildman–Crippen MR) is 55.8 cm³/mol. The van der Waals surface area contributed by atoms with Crippen molar-refractivity contribution < 1.29 is 14.3 Å². The molecule has 0 bridgehead atoms. The highest BCUT2D eigenvalue weighted by Crippen LogP contribution is 2.23. The van der Waals surface area contributed by atoms with Crippen LogP contribution in [0.1, 0.15) is 5.56 Å². The van der Waals surface area contributed by atoms with Gasteiger partial charge in [0.1, 0.15) is 6.61 Å². The number of hydrogen-bond donors (Lipinski definition) is 0. The van der Waals surface area contributed by atoms with E-state index < -0.39 is 12.3 Å². The minimum absolute atomic E-state index is 0.218. The molecule has 0 saturated carbocycles. The van der Waals surface area contributed by atoms with Crippen LogP contribution in [-0.2, 0) is 9.47 Å². The van der Waals surface area contributed by atoms with Gasteiger partial charge in [0.2, 0.25) is 0 Å². The number of carbonyl (C=O) groups is 1. The van der Waals surface area contributed by atoms with Gasteiger partial charge < -0.3 is 9.47 Å². The number of carbonyl (C=O) groups excluding carboxylic acids is 1. The van der Waals surface area contributed by atoms with Crippen molar-refractivity contribution in [3.05, 3.63) is 29.8 Å². The molecule has 1 aromatic carbocycles. The second-order valence-corrected chi connectivity index (χ2v) is 3.30. The van der Waals surface area contributed by atoms with Gasteiger partial charge in [-0.25, -0.2) is 9.69 Å². The first kappa shape index (κ1) is 10.5. The average Bonchev–Trinajstić information content (AvgIpc) is 2.70. The van der Waals surface area contributed by atoms with Gasteiger partial charge in [0.05, 0.1) is 11.6 Å². The van der Waals surface area contributed by atoms with Crippen LogP contribution in [0.15, 0.2) is 24.3 Å². The van der Waals surface area contributed by atoms with E-state index >= 15 is 0 Å². The number of cyclic esters (lactones) is 1. The molecule has 1 fully saturated rings. The molecule has 0 radical (unpaired) electrons. The zero-order chi connectivity index (χ0) is 11.5. The van der Waals surface area contributed by atoms with Crippen molar-refractivity contribution in [1.82, 2.24) is 0 Å². The second kappa shape index (κ2) is 4.21. The maximum atomic E-state index is 11.5. The predicted octanol–water partition coefficient (Wildman–Crippen LogP) is 1.49. The Morgan fingerprint density at radius 3 is 2.75 bits per heavy atom. The molecule has 16 heavy (non-hydrogen) atoms. The number of amides is 1. The summed E-state index contributed by atoms with van der Waals surface area (Å²) in [7, 11) is 1.52. The molecule has 1 heterocycles. The molecule has 0 aromatic heterocycles. The van der Waals surface area contributed by atoms with Crippen LogP contribution in [0.25, 0.3) is 0 Å². The zero-order valence-corrected chi connectivity index (χ0v) is 8.71. The highest BCUT2D eigenvalue weighted by atomic mass is 16.6. The molecule has 1 aliphatic rings. The molecule has 1 atom stereocenters. The molecule has 82 valence electrons. The Hall–Kier alpha value is -2.06. The van der Waals surface area contributed by atoms with E-state index in [1.807, 2.05) is 6.07 Å². The summed E-state index contributed by atoms with van der Waals surface area (Å²) in [5.74, 6) is 0. The van der Waals surface area contributed by atoms with E-state index in [1.165, 1.54) is 12.0 Å². The van der Waals surface area contributed by atoms with Gasteiger partial charge in [-0.15, -0.1) is 0 Å². The molecule has 1 saturated heterocycles. The fourth-order valence-corrected chi connectivity index (χ4v) is 1.55. The van der Waals surface area contributed by atoms with Gasteiger partial charge in [-0.05, 0) is 24.3 Å². The Kier molecular flexibility index (Phi) is 2.75. The van der Waals surface area contributed by atoms with Crippen LogP contribution in [0.2, 0.25) is 0 Å². The van der Waals surface area contributed by atoms with E-state index in [4.69, 9.17) is 14.7 Å². The summed E-state index contributed by atoms with van der Waals surface area (Å²) in [6, 6.07) is 8.69. The molecule has 5 heteroatoms. The zero-order valence-electron chi connectivity index (χ0n) is 8.71. The van der Waals surface area contributed by atoms with E-state index in [9.17, 15) is 4.79 Å². The average molecular weight is 218 g/mol. The first-order valence-corrected chi connectivity index (χ1v) is 4.75. The van der Waals surface area contributed by atoms with Crippen LogP contribution in [0.4, 0.5) is 10.5 Å². The SMILES string of the molecule is COC1COC(=O)N1c1ccc(C#N)cc1. The molecular formula is C11H10N2O3. The molecule has 0 aliphatic carbocycles. The summed E-state index contributed by atoms with van der Waals surface area (Å²) in [5, 5.41) is 8.66. The van der Waals surface area contributed by atoms with Crippen molar-refractivity contribution in [2.75, 3.05) is 18.6 Å². The van der Waals surface area contributed by atoms with E-state index in [-0.39, 0.29) is 6.61 Å². The molecule has 1 amide bonds. The molecule has 2 rings (SSSR count). The van der Waals surface area contributed by atoms with Crippen molar-refractivity contribution >= 4 is 11.8 Å². The summed E-state index contributed by atoms with van der Waals surface area (Å²) < 4.78 is 10.00. The summed E-state index contributed by atoms with van der Waals surface area (Å²) >= 11 is 0. The molecule has 0 N–H and O–H groups in total. The van der Waals surface area contributed by atoms with Crippen LogP contribution in [-0.4, -0.2) is 26.0 Å². The minimum Gasteiger partial charge on any atom is -0.444 e. The number of anilines is 1. The lowest BCUT2D eigenvalue weighted by Gasteiger charge is -2.19. The number of nitriles is 1. The van der Waals surface area contributed by atoms with Crippen molar-refractivity contribution in [2.45, 2.75) is 6.23 Å². The topological polar surface area (TPSA) is 62.6 Å². The number of hydrogen-bond acceptors (Lipinski definition) is 4. The lowest BCUT2D eigenvalue weighted by Crippen LogP contribution is -2.34. The quantitative estimate of drug-likeness (QED) is 0.754. The van der Waals surface area contributed by atoms with Crippen molar-refractivity contribution in [1.29, 1.82) is 5.26 Å². The smallest absolute Gasteiger partial charge is 0.416 e. The monoisotopic (exact) mass is 218 g/mol. The van der Waals surface area contributed by atoms with Gasteiger partial charge in [0.25, 0.3) is 0 Å². The molecule has 1 aromatic rings. The third kappa shape index (κ3) is 1.71. The third-order valence-electron chi connectivity index (χ3n) is 2.38. The van der Waals surface area contributed by atoms with Gasteiger partial charge in [0.15, 0.2) is 6.23 Å². The molecular weight excluding hydrogens is 208 g/mol. The van der Waals surface area contributed by atoms with Crippen molar-refractivity contribution in [3.8, 4) is 6.07 Å². The van der Waals surface area contributed by atoms with E-state index in [0.29, 0.717) is 11.3 Å². The van der Waals surface area contributed by atoms with Gasteiger partial charge in [0, 0.05) is 12.8 Å². The third-order valence-corrected chi connectivity index (χ3v) is 2.38. The highest BCUT2D eigenvalue weighted by molar-refractivity contribution is 5.89. The minimum atomic E-state index is -0.434. The first-order valence-electron chi connectivity index (χ1n) is 4.75. The Balaban J connectivity index is 2.28. The molecule has 1 aliphatic heterocycles. The number of nitrogens with zero attached hydrogens (tertiary/aromatic N) is 2. The van der Waals surface area contributed by atoms with Crippen molar-refractivity contribution in [3.63, 3.8) is 0 Å². The van der Waals surface area contributed by atoms with Crippen LogP contribution in [0, 0.1) is 11.3 Å². The fourth-order valence-electron chi connectivity index (χ4n) is 1.55. The number of rotatable bonds is 2. The summed E-state index contributed by atoms with van der Waals surface area (Å²) in [6.45, 7) is 0.218. The molecule has 5 nitrogen and oxygen atoms in total. The molecule has 0 spiro atoms. The van der Waals surface area contributed by atoms with Crippen LogP contribution in [0.3, 0.4) is 0 Å². The summed E-state index contributed by atoms with van der Waals surface area (Å²) in [5.41, 5.74) is 1.21.